The Bertz CT molecular complexity index is 164. The van der Waals surface area contributed by atoms with Gasteiger partial charge >= 0.3 is 0 Å². The molecule has 1 nitrogen and oxygen atoms in total. The zero-order valence-corrected chi connectivity index (χ0v) is 13.8. The molecule has 1 aliphatic rings. The second kappa shape index (κ2) is 16.7. The van der Waals surface area contributed by atoms with Gasteiger partial charge in [-0.1, -0.05) is 52.2 Å². The fourth-order valence-electron chi connectivity index (χ4n) is 1.63. The molecule has 0 aromatic rings. The molecule has 1 fully saturated rings. The van der Waals surface area contributed by atoms with E-state index in [0.717, 1.165) is 5.92 Å². The maximum atomic E-state index is 3.42. The minimum Gasteiger partial charge on any atom is -0.317 e. The Hall–Kier alpha value is -0.300. The third kappa shape index (κ3) is 21.0. The molecule has 0 radical (unpaired) electrons. The first-order chi connectivity index (χ1) is 8.70. The lowest BCUT2D eigenvalue weighted by atomic mass is 10.2. The van der Waals surface area contributed by atoms with E-state index in [4.69, 9.17) is 0 Å². The smallest absolute Gasteiger partial charge is 0.00488 e. The van der Waals surface area contributed by atoms with Gasteiger partial charge in [-0.05, 0) is 58.5 Å². The van der Waals surface area contributed by atoms with Crippen LogP contribution in [0.25, 0.3) is 0 Å². The van der Waals surface area contributed by atoms with Crippen LogP contribution >= 0.6 is 0 Å². The van der Waals surface area contributed by atoms with Crippen LogP contribution in [0.3, 0.4) is 0 Å². The molecule has 1 heteroatoms. The molecular formula is C17H37N. The maximum absolute atomic E-state index is 3.42. The average Bonchev–Trinajstić information content (AvgIpc) is 3.16. The van der Waals surface area contributed by atoms with Crippen molar-refractivity contribution in [3.05, 3.63) is 11.6 Å². The van der Waals surface area contributed by atoms with Crippen molar-refractivity contribution in [3.63, 3.8) is 0 Å². The summed E-state index contributed by atoms with van der Waals surface area (Å²) < 4.78 is 0. The topological polar surface area (TPSA) is 12.0 Å². The fourth-order valence-corrected chi connectivity index (χ4v) is 1.63. The van der Waals surface area contributed by atoms with Gasteiger partial charge in [0.15, 0.2) is 0 Å². The van der Waals surface area contributed by atoms with Crippen LogP contribution in [0.15, 0.2) is 11.6 Å². The summed E-state index contributed by atoms with van der Waals surface area (Å²) in [5.41, 5.74) is 1.41. The zero-order valence-electron chi connectivity index (χ0n) is 13.8. The minimum absolute atomic E-state index is 1.11. The summed E-state index contributed by atoms with van der Waals surface area (Å²) in [4.78, 5) is 0. The lowest BCUT2D eigenvalue weighted by Gasteiger charge is -2.00. The summed E-state index contributed by atoms with van der Waals surface area (Å²) in [5.74, 6) is 1.11. The van der Waals surface area contributed by atoms with E-state index >= 15 is 0 Å². The Morgan fingerprint density at radius 3 is 2.06 bits per heavy atom. The number of hydrogen-bond acceptors (Lipinski definition) is 1. The molecular weight excluding hydrogens is 218 g/mol. The molecule has 0 heterocycles. The van der Waals surface area contributed by atoms with Gasteiger partial charge in [-0.2, -0.15) is 0 Å². The van der Waals surface area contributed by atoms with Crippen molar-refractivity contribution in [2.45, 2.75) is 80.1 Å². The fraction of sp³-hybridized carbons (Fsp3) is 0.882. The summed E-state index contributed by atoms with van der Waals surface area (Å²) in [5, 5.41) is 3.42. The minimum atomic E-state index is 1.11. The van der Waals surface area contributed by atoms with Crippen molar-refractivity contribution in [1.29, 1.82) is 0 Å². The van der Waals surface area contributed by atoms with Gasteiger partial charge in [-0.25, -0.2) is 0 Å². The lowest BCUT2D eigenvalue weighted by Crippen LogP contribution is -2.15. The van der Waals surface area contributed by atoms with E-state index in [1.54, 1.807) is 0 Å². The second-order valence-electron chi connectivity index (χ2n) is 5.03. The van der Waals surface area contributed by atoms with Gasteiger partial charge < -0.3 is 5.32 Å². The second-order valence-corrected chi connectivity index (χ2v) is 5.03. The van der Waals surface area contributed by atoms with Crippen molar-refractivity contribution in [2.24, 2.45) is 5.92 Å². The Balaban J connectivity index is 0. The molecule has 0 saturated heterocycles. The first-order valence-corrected chi connectivity index (χ1v) is 8.04. The Labute approximate surface area is 116 Å². The molecule has 0 aromatic heterocycles. The lowest BCUT2D eigenvalue weighted by molar-refractivity contribution is 0.590. The van der Waals surface area contributed by atoms with Crippen molar-refractivity contribution in [1.82, 2.24) is 5.32 Å². The van der Waals surface area contributed by atoms with Crippen LogP contribution in [-0.4, -0.2) is 13.1 Å². The van der Waals surface area contributed by atoms with Crippen LogP contribution in [0.5, 0.6) is 0 Å². The molecule has 1 N–H and O–H groups in total. The van der Waals surface area contributed by atoms with E-state index in [9.17, 15) is 0 Å². The van der Waals surface area contributed by atoms with Crippen molar-refractivity contribution in [3.8, 4) is 0 Å². The molecule has 0 aliphatic heterocycles. The Kier molecular flexibility index (Phi) is 18.6. The molecule has 1 saturated carbocycles. The van der Waals surface area contributed by atoms with Crippen LogP contribution < -0.4 is 5.32 Å². The summed E-state index contributed by atoms with van der Waals surface area (Å²) in [6.45, 7) is 15.0. The van der Waals surface area contributed by atoms with Gasteiger partial charge in [0.1, 0.15) is 0 Å². The predicted octanol–water partition coefficient (Wildman–Crippen LogP) is 5.57. The highest BCUT2D eigenvalue weighted by Gasteiger charge is 2.19. The molecule has 0 spiro atoms. The molecule has 0 aromatic carbocycles. The van der Waals surface area contributed by atoms with Crippen LogP contribution in [0.1, 0.15) is 80.1 Å². The monoisotopic (exact) mass is 255 g/mol. The molecule has 0 amide bonds. The molecule has 18 heavy (non-hydrogen) atoms. The van der Waals surface area contributed by atoms with Crippen LogP contribution in [-0.2, 0) is 0 Å². The number of allylic oxidation sites excluding steroid dienone is 2. The van der Waals surface area contributed by atoms with Gasteiger partial charge in [0.25, 0.3) is 0 Å². The Morgan fingerprint density at radius 1 is 1.11 bits per heavy atom. The zero-order chi connectivity index (χ0) is 14.2. The molecule has 1 aliphatic carbocycles. The van der Waals surface area contributed by atoms with E-state index in [0.29, 0.717) is 0 Å². The van der Waals surface area contributed by atoms with E-state index in [1.807, 2.05) is 13.8 Å². The number of hydrogen-bond donors (Lipinski definition) is 1. The summed E-state index contributed by atoms with van der Waals surface area (Å²) >= 11 is 0. The first kappa shape index (κ1) is 20.0. The summed E-state index contributed by atoms with van der Waals surface area (Å²) in [7, 11) is 0. The van der Waals surface area contributed by atoms with Crippen molar-refractivity contribution in [2.75, 3.05) is 13.1 Å². The molecule has 110 valence electrons. The van der Waals surface area contributed by atoms with E-state index in [1.165, 1.54) is 57.2 Å². The molecule has 0 unspecified atom stereocenters. The summed E-state index contributed by atoms with van der Waals surface area (Å²) in [6.07, 6.45) is 10.5. The van der Waals surface area contributed by atoms with Gasteiger partial charge in [0, 0.05) is 0 Å². The highest BCUT2D eigenvalue weighted by Crippen LogP contribution is 2.33. The number of rotatable bonds is 7. The first-order valence-electron chi connectivity index (χ1n) is 8.04. The van der Waals surface area contributed by atoms with Crippen molar-refractivity contribution >= 4 is 0 Å². The average molecular weight is 255 g/mol. The van der Waals surface area contributed by atoms with E-state index < -0.39 is 0 Å². The van der Waals surface area contributed by atoms with E-state index in [-0.39, 0.29) is 0 Å². The van der Waals surface area contributed by atoms with Gasteiger partial charge in [-0.3, -0.25) is 0 Å². The standard InChI is InChI=1S/C9H19N.C6H12.C2H6/c1-2-7-10-8-3-4-9-5-6-9;1-4-5-6(2)3;1-2/h9-10H,2-8H2,1H3;5H,4H2,1-3H3;1-2H3. The molecule has 1 rings (SSSR count). The normalized spacial score (nSPS) is 12.8. The third-order valence-electron chi connectivity index (χ3n) is 2.70. The predicted molar refractivity (Wildman–Crippen MR) is 86.2 cm³/mol. The van der Waals surface area contributed by atoms with Crippen LogP contribution in [0.2, 0.25) is 0 Å². The van der Waals surface area contributed by atoms with Crippen LogP contribution in [0, 0.1) is 5.92 Å². The van der Waals surface area contributed by atoms with Gasteiger partial charge in [0.2, 0.25) is 0 Å². The van der Waals surface area contributed by atoms with Gasteiger partial charge in [0.05, 0.1) is 0 Å². The largest absolute Gasteiger partial charge is 0.317 e. The maximum Gasteiger partial charge on any atom is -0.00488 e. The van der Waals surface area contributed by atoms with Crippen molar-refractivity contribution < 1.29 is 0 Å². The highest BCUT2D eigenvalue weighted by atomic mass is 14.8. The third-order valence-corrected chi connectivity index (χ3v) is 2.70. The SMILES string of the molecule is CC.CCC=C(C)C.CCCNCCCC1CC1. The quantitative estimate of drug-likeness (QED) is 0.463. The van der Waals surface area contributed by atoms with Crippen LogP contribution in [0.4, 0.5) is 0 Å². The highest BCUT2D eigenvalue weighted by molar-refractivity contribution is 4.91. The van der Waals surface area contributed by atoms with Gasteiger partial charge in [-0.15, -0.1) is 0 Å². The van der Waals surface area contributed by atoms with E-state index in [2.05, 4.69) is 39.1 Å². The Morgan fingerprint density at radius 2 is 1.72 bits per heavy atom. The number of nitrogens with one attached hydrogen (secondary N) is 1. The molecule has 0 bridgehead atoms. The molecule has 0 atom stereocenters. The summed E-state index contributed by atoms with van der Waals surface area (Å²) in [6, 6.07) is 0.